The van der Waals surface area contributed by atoms with Gasteiger partial charge in [0, 0.05) is 25.5 Å². The van der Waals surface area contributed by atoms with Crippen molar-refractivity contribution in [3.05, 3.63) is 29.0 Å². The highest BCUT2D eigenvalue weighted by Crippen LogP contribution is 2.18. The van der Waals surface area contributed by atoms with E-state index >= 15 is 0 Å². The first kappa shape index (κ1) is 10.4. The predicted octanol–water partition coefficient (Wildman–Crippen LogP) is 2.36. The maximum absolute atomic E-state index is 12.0. The van der Waals surface area contributed by atoms with Gasteiger partial charge in [-0.05, 0) is 25.3 Å². The first-order valence-electron chi connectivity index (χ1n) is 5.18. The lowest BCUT2D eigenvalue weighted by Crippen LogP contribution is -2.35. The normalized spacial score (nSPS) is 16.5. The highest BCUT2D eigenvalue weighted by molar-refractivity contribution is 6.33. The van der Waals surface area contributed by atoms with Crippen molar-refractivity contribution in [2.45, 2.75) is 19.3 Å². The van der Waals surface area contributed by atoms with E-state index in [1.807, 2.05) is 4.90 Å². The van der Waals surface area contributed by atoms with E-state index in [4.69, 9.17) is 11.6 Å². The van der Waals surface area contributed by atoms with E-state index in [1.165, 1.54) is 12.6 Å². The van der Waals surface area contributed by atoms with Crippen LogP contribution < -0.4 is 0 Å². The van der Waals surface area contributed by atoms with Crippen molar-refractivity contribution in [3.8, 4) is 0 Å². The molecule has 3 nitrogen and oxygen atoms in total. The fourth-order valence-electron chi connectivity index (χ4n) is 1.82. The van der Waals surface area contributed by atoms with Gasteiger partial charge in [0.1, 0.15) is 0 Å². The van der Waals surface area contributed by atoms with Crippen molar-refractivity contribution < 1.29 is 4.79 Å². The number of carbonyl (C=O) groups excluding carboxylic acids is 1. The summed E-state index contributed by atoms with van der Waals surface area (Å²) in [6, 6.07) is 1.68. The molecule has 15 heavy (non-hydrogen) atoms. The van der Waals surface area contributed by atoms with Gasteiger partial charge in [0.15, 0.2) is 0 Å². The average molecular weight is 225 g/mol. The molecule has 80 valence electrons. The Hall–Kier alpha value is -1.09. The van der Waals surface area contributed by atoms with Gasteiger partial charge in [-0.3, -0.25) is 9.78 Å². The SMILES string of the molecule is O=C(c1ccncc1Cl)N1CCCCC1. The van der Waals surface area contributed by atoms with Crippen molar-refractivity contribution in [2.75, 3.05) is 13.1 Å². The zero-order valence-electron chi connectivity index (χ0n) is 8.45. The van der Waals surface area contributed by atoms with E-state index < -0.39 is 0 Å². The molecule has 0 saturated carbocycles. The van der Waals surface area contributed by atoms with Gasteiger partial charge < -0.3 is 4.90 Å². The molecule has 0 aromatic carbocycles. The van der Waals surface area contributed by atoms with Crippen LogP contribution in [0.4, 0.5) is 0 Å². The average Bonchev–Trinajstić information content (AvgIpc) is 2.30. The van der Waals surface area contributed by atoms with Gasteiger partial charge >= 0.3 is 0 Å². The van der Waals surface area contributed by atoms with Gasteiger partial charge in [-0.25, -0.2) is 0 Å². The first-order chi connectivity index (χ1) is 7.29. The van der Waals surface area contributed by atoms with E-state index in [2.05, 4.69) is 4.98 Å². The van der Waals surface area contributed by atoms with E-state index in [0.717, 1.165) is 25.9 Å². The molecule has 2 heterocycles. The number of likely N-dealkylation sites (tertiary alicyclic amines) is 1. The summed E-state index contributed by atoms with van der Waals surface area (Å²) in [5.74, 6) is 0.0297. The summed E-state index contributed by atoms with van der Waals surface area (Å²) >= 11 is 5.93. The van der Waals surface area contributed by atoms with Crippen LogP contribution in [0.2, 0.25) is 5.02 Å². The molecule has 1 aliphatic rings. The minimum atomic E-state index is 0.0297. The third-order valence-electron chi connectivity index (χ3n) is 2.65. The number of piperidine rings is 1. The zero-order chi connectivity index (χ0) is 10.7. The molecule has 1 amide bonds. The molecule has 1 aromatic rings. The Balaban J connectivity index is 2.16. The van der Waals surface area contributed by atoms with Gasteiger partial charge in [-0.2, -0.15) is 0 Å². The number of amides is 1. The minimum absolute atomic E-state index is 0.0297. The number of aromatic nitrogens is 1. The second-order valence-electron chi connectivity index (χ2n) is 3.71. The van der Waals surface area contributed by atoms with Crippen molar-refractivity contribution >= 4 is 17.5 Å². The lowest BCUT2D eigenvalue weighted by molar-refractivity contribution is 0.0724. The van der Waals surface area contributed by atoms with Crippen LogP contribution in [-0.4, -0.2) is 28.9 Å². The molecule has 0 spiro atoms. The number of hydrogen-bond acceptors (Lipinski definition) is 2. The molecule has 4 heteroatoms. The molecule has 0 atom stereocenters. The van der Waals surface area contributed by atoms with Crippen molar-refractivity contribution in [2.24, 2.45) is 0 Å². The Labute approximate surface area is 94.1 Å². The van der Waals surface area contributed by atoms with Gasteiger partial charge in [0.05, 0.1) is 10.6 Å². The molecule has 0 N–H and O–H groups in total. The van der Waals surface area contributed by atoms with Crippen LogP contribution in [0.1, 0.15) is 29.6 Å². The largest absolute Gasteiger partial charge is 0.339 e. The van der Waals surface area contributed by atoms with E-state index in [0.29, 0.717) is 10.6 Å². The molecule has 1 fully saturated rings. The van der Waals surface area contributed by atoms with Crippen LogP contribution in [0, 0.1) is 0 Å². The first-order valence-corrected chi connectivity index (χ1v) is 5.55. The van der Waals surface area contributed by atoms with Gasteiger partial charge in [0.25, 0.3) is 5.91 Å². The summed E-state index contributed by atoms with van der Waals surface area (Å²) in [6.45, 7) is 1.69. The Morgan fingerprint density at radius 1 is 1.33 bits per heavy atom. The second kappa shape index (κ2) is 4.62. The lowest BCUT2D eigenvalue weighted by atomic mass is 10.1. The Morgan fingerprint density at radius 2 is 2.07 bits per heavy atom. The van der Waals surface area contributed by atoms with Crippen molar-refractivity contribution in [1.29, 1.82) is 0 Å². The summed E-state index contributed by atoms with van der Waals surface area (Å²) in [7, 11) is 0. The van der Waals surface area contributed by atoms with Gasteiger partial charge in [-0.1, -0.05) is 11.6 Å². The number of rotatable bonds is 1. The Bertz CT molecular complexity index is 361. The molecular formula is C11H13ClN2O. The lowest BCUT2D eigenvalue weighted by Gasteiger charge is -2.26. The summed E-state index contributed by atoms with van der Waals surface area (Å²) in [6.07, 6.45) is 6.51. The molecule has 2 rings (SSSR count). The van der Waals surface area contributed by atoms with Crippen LogP contribution >= 0.6 is 11.6 Å². The molecule has 0 bridgehead atoms. The molecule has 1 aromatic heterocycles. The number of hydrogen-bond donors (Lipinski definition) is 0. The summed E-state index contributed by atoms with van der Waals surface area (Å²) in [4.78, 5) is 17.8. The third kappa shape index (κ3) is 2.29. The van der Waals surface area contributed by atoms with E-state index in [9.17, 15) is 4.79 Å². The molecule has 1 aliphatic heterocycles. The van der Waals surface area contributed by atoms with E-state index in [-0.39, 0.29) is 5.91 Å². The monoisotopic (exact) mass is 224 g/mol. The van der Waals surface area contributed by atoms with Crippen LogP contribution in [0.3, 0.4) is 0 Å². The fourth-order valence-corrected chi connectivity index (χ4v) is 2.02. The van der Waals surface area contributed by atoms with Crippen LogP contribution in [0.25, 0.3) is 0 Å². The van der Waals surface area contributed by atoms with Gasteiger partial charge in [0.2, 0.25) is 0 Å². The highest BCUT2D eigenvalue weighted by Gasteiger charge is 2.19. The maximum atomic E-state index is 12.0. The number of carbonyl (C=O) groups is 1. The molecule has 0 radical (unpaired) electrons. The van der Waals surface area contributed by atoms with Gasteiger partial charge in [-0.15, -0.1) is 0 Å². The fraction of sp³-hybridized carbons (Fsp3) is 0.455. The molecule has 0 unspecified atom stereocenters. The Morgan fingerprint density at radius 3 is 2.73 bits per heavy atom. The number of pyridine rings is 1. The zero-order valence-corrected chi connectivity index (χ0v) is 9.20. The third-order valence-corrected chi connectivity index (χ3v) is 2.95. The molecule has 1 saturated heterocycles. The summed E-state index contributed by atoms with van der Waals surface area (Å²) < 4.78 is 0. The number of nitrogens with zero attached hydrogens (tertiary/aromatic N) is 2. The molecule has 0 aliphatic carbocycles. The predicted molar refractivity (Wildman–Crippen MR) is 59.0 cm³/mol. The second-order valence-corrected chi connectivity index (χ2v) is 4.12. The number of halogens is 1. The Kier molecular flexibility index (Phi) is 3.21. The topological polar surface area (TPSA) is 33.2 Å². The summed E-state index contributed by atoms with van der Waals surface area (Å²) in [5.41, 5.74) is 0.563. The smallest absolute Gasteiger partial charge is 0.255 e. The molecular weight excluding hydrogens is 212 g/mol. The van der Waals surface area contributed by atoms with Crippen molar-refractivity contribution in [1.82, 2.24) is 9.88 Å². The summed E-state index contributed by atoms with van der Waals surface area (Å²) in [5, 5.41) is 0.438. The quantitative estimate of drug-likeness (QED) is 0.734. The standard InChI is InChI=1S/C11H13ClN2O/c12-10-8-13-5-4-9(10)11(15)14-6-2-1-3-7-14/h4-5,8H,1-3,6-7H2. The van der Waals surface area contributed by atoms with Crippen LogP contribution in [-0.2, 0) is 0 Å². The highest BCUT2D eigenvalue weighted by atomic mass is 35.5. The van der Waals surface area contributed by atoms with Crippen LogP contribution in [0.15, 0.2) is 18.5 Å². The van der Waals surface area contributed by atoms with Crippen molar-refractivity contribution in [3.63, 3.8) is 0 Å². The van der Waals surface area contributed by atoms with Crippen LogP contribution in [0.5, 0.6) is 0 Å². The van der Waals surface area contributed by atoms with E-state index in [1.54, 1.807) is 12.3 Å². The maximum Gasteiger partial charge on any atom is 0.255 e. The minimum Gasteiger partial charge on any atom is -0.339 e.